The molecule has 1 heterocycles. The Morgan fingerprint density at radius 3 is 2.26 bits per heavy atom. The van der Waals surface area contributed by atoms with Crippen LogP contribution in [0.5, 0.6) is 0 Å². The molecule has 0 aliphatic carbocycles. The van der Waals surface area contributed by atoms with Gasteiger partial charge in [-0.15, -0.1) is 0 Å². The average molecular weight is 513 g/mol. The van der Waals surface area contributed by atoms with Crippen molar-refractivity contribution >= 4 is 34.1 Å². The highest BCUT2D eigenvalue weighted by molar-refractivity contribution is 7.85. The fourth-order valence-electron chi connectivity index (χ4n) is 3.58. The number of rotatable bonds is 7. The molecule has 188 valence electrons. The van der Waals surface area contributed by atoms with E-state index in [9.17, 15) is 37.1 Å². The Bertz CT molecular complexity index is 1130. The quantitative estimate of drug-likeness (QED) is 0.318. The summed E-state index contributed by atoms with van der Waals surface area (Å²) < 4.78 is 55.4. The molecule has 2 aromatic carbocycles. The highest BCUT2D eigenvalue weighted by Gasteiger charge is 2.31. The lowest BCUT2D eigenvalue weighted by atomic mass is 10.1. The zero-order chi connectivity index (χ0) is 25.8. The maximum absolute atomic E-state index is 12.9. The predicted octanol–water partition coefficient (Wildman–Crippen LogP) is 3.25. The minimum absolute atomic E-state index is 0.0246. The van der Waals surface area contributed by atoms with Gasteiger partial charge >= 0.3 is 12.1 Å². The average Bonchev–Trinajstić information content (AvgIpc) is 2.83. The van der Waals surface area contributed by atoms with Gasteiger partial charge in [-0.1, -0.05) is 0 Å². The zero-order valence-corrected chi connectivity index (χ0v) is 19.4. The van der Waals surface area contributed by atoms with E-state index in [1.807, 2.05) is 4.90 Å². The number of amides is 1. The van der Waals surface area contributed by atoms with E-state index in [0.29, 0.717) is 18.8 Å². The molecule has 0 saturated carbocycles. The summed E-state index contributed by atoms with van der Waals surface area (Å²) >= 11 is 0. The number of anilines is 1. The molecule has 2 aromatic rings. The Hall–Kier alpha value is -3.48. The fourth-order valence-corrected chi connectivity index (χ4v) is 4.62. The number of piperazine rings is 1. The van der Waals surface area contributed by atoms with Gasteiger partial charge in [0.05, 0.1) is 27.9 Å². The summed E-state index contributed by atoms with van der Waals surface area (Å²) in [5.41, 5.74) is -0.670. The summed E-state index contributed by atoms with van der Waals surface area (Å²) in [6.45, 7) is 2.89. The molecule has 1 atom stereocenters. The van der Waals surface area contributed by atoms with Crippen LogP contribution in [0.4, 0.5) is 24.5 Å². The molecule has 1 unspecified atom stereocenters. The monoisotopic (exact) mass is 513 g/mol. The molecule has 0 aromatic heterocycles. The predicted molar refractivity (Wildman–Crippen MR) is 121 cm³/mol. The Labute approximate surface area is 201 Å². The van der Waals surface area contributed by atoms with Crippen LogP contribution in [-0.4, -0.2) is 64.4 Å². The Balaban J connectivity index is 1.68. The Kier molecular flexibility index (Phi) is 8.10. The molecule has 0 bridgehead atoms. The van der Waals surface area contributed by atoms with E-state index >= 15 is 0 Å². The molecule has 1 fully saturated rings. The van der Waals surface area contributed by atoms with Crippen molar-refractivity contribution in [2.75, 3.05) is 43.4 Å². The summed E-state index contributed by atoms with van der Waals surface area (Å²) in [5, 5.41) is 11.5. The second kappa shape index (κ2) is 10.8. The van der Waals surface area contributed by atoms with E-state index in [0.717, 1.165) is 18.2 Å². The van der Waals surface area contributed by atoms with Crippen molar-refractivity contribution in [3.63, 3.8) is 0 Å². The fraction of sp³-hybridized carbons (Fsp3) is 0.364. The molecule has 3 rings (SSSR count). The van der Waals surface area contributed by atoms with Crippen molar-refractivity contribution in [1.82, 2.24) is 4.90 Å². The van der Waals surface area contributed by atoms with Crippen LogP contribution in [0.3, 0.4) is 0 Å². The molecular weight excluding hydrogens is 491 g/mol. The van der Waals surface area contributed by atoms with Crippen LogP contribution in [0.2, 0.25) is 0 Å². The number of esters is 1. The summed E-state index contributed by atoms with van der Waals surface area (Å²) in [5.74, 6) is -1.78. The van der Waals surface area contributed by atoms with Crippen LogP contribution in [-0.2, 0) is 26.5 Å². The van der Waals surface area contributed by atoms with Crippen molar-refractivity contribution in [1.29, 1.82) is 0 Å². The topological polar surface area (TPSA) is 110 Å². The van der Waals surface area contributed by atoms with Gasteiger partial charge in [0, 0.05) is 43.5 Å². The van der Waals surface area contributed by atoms with E-state index in [1.54, 1.807) is 6.92 Å². The smallest absolute Gasteiger partial charge is 0.416 e. The first-order valence-electron chi connectivity index (χ1n) is 10.5. The number of nitrogens with zero attached hydrogens (tertiary/aromatic N) is 3. The maximum atomic E-state index is 12.9. The third kappa shape index (κ3) is 6.35. The van der Waals surface area contributed by atoms with Crippen molar-refractivity contribution in [2.24, 2.45) is 0 Å². The number of alkyl halides is 3. The second-order valence-corrected chi connectivity index (χ2v) is 8.98. The highest BCUT2D eigenvalue weighted by atomic mass is 32.2. The van der Waals surface area contributed by atoms with Crippen LogP contribution in [0.1, 0.15) is 22.8 Å². The number of ether oxygens (including phenoxy) is 1. The van der Waals surface area contributed by atoms with Crippen LogP contribution < -0.4 is 4.90 Å². The standard InChI is InChI=1S/C22H22F3N3O6S/c1-2-34-20(29)14-35(33)19-8-3-15(13-18(19)28(31)32)21(30)27-11-9-26(10-12-27)17-6-4-16(5-7-17)22(23,24)25/h3-8,13H,2,9-12,14H2,1H3. The minimum atomic E-state index is -4.42. The third-order valence-corrected chi connectivity index (χ3v) is 6.66. The first kappa shape index (κ1) is 26.1. The van der Waals surface area contributed by atoms with Crippen LogP contribution in [0.15, 0.2) is 47.4 Å². The molecular formula is C22H22F3N3O6S. The number of benzene rings is 2. The van der Waals surface area contributed by atoms with E-state index in [-0.39, 0.29) is 30.2 Å². The van der Waals surface area contributed by atoms with Crippen LogP contribution in [0, 0.1) is 10.1 Å². The SMILES string of the molecule is CCOC(=O)CS(=O)c1ccc(C(=O)N2CCN(c3ccc(C(F)(F)F)cc3)CC2)cc1[N+](=O)[O-]. The second-order valence-electron chi connectivity index (χ2n) is 7.56. The Morgan fingerprint density at radius 1 is 1.09 bits per heavy atom. The minimum Gasteiger partial charge on any atom is -0.465 e. The highest BCUT2D eigenvalue weighted by Crippen LogP contribution is 2.31. The lowest BCUT2D eigenvalue weighted by Gasteiger charge is -2.36. The maximum Gasteiger partial charge on any atom is 0.416 e. The number of nitro benzene ring substituents is 1. The summed E-state index contributed by atoms with van der Waals surface area (Å²) in [4.78, 5) is 38.4. The van der Waals surface area contributed by atoms with Gasteiger partial charge in [-0.3, -0.25) is 23.9 Å². The van der Waals surface area contributed by atoms with Gasteiger partial charge in [0.15, 0.2) is 0 Å². The number of hydrogen-bond donors (Lipinski definition) is 0. The molecule has 1 saturated heterocycles. The molecule has 35 heavy (non-hydrogen) atoms. The number of halogens is 3. The van der Waals surface area contributed by atoms with Crippen LogP contribution >= 0.6 is 0 Å². The van der Waals surface area contributed by atoms with E-state index in [4.69, 9.17) is 4.74 Å². The van der Waals surface area contributed by atoms with Gasteiger partial charge in [0.25, 0.3) is 11.6 Å². The lowest BCUT2D eigenvalue weighted by Crippen LogP contribution is -2.48. The molecule has 0 radical (unpaired) electrons. The number of nitro groups is 1. The molecule has 1 aliphatic heterocycles. The van der Waals surface area contributed by atoms with Gasteiger partial charge in [0.2, 0.25) is 0 Å². The molecule has 0 N–H and O–H groups in total. The van der Waals surface area contributed by atoms with Crippen molar-refractivity contribution < 1.29 is 36.6 Å². The number of hydrogen-bond acceptors (Lipinski definition) is 7. The van der Waals surface area contributed by atoms with Gasteiger partial charge in [-0.05, 0) is 43.3 Å². The van der Waals surface area contributed by atoms with E-state index in [2.05, 4.69) is 0 Å². The van der Waals surface area contributed by atoms with E-state index in [1.165, 1.54) is 29.2 Å². The zero-order valence-electron chi connectivity index (χ0n) is 18.6. The molecule has 1 aliphatic rings. The van der Waals surface area contributed by atoms with E-state index < -0.39 is 50.8 Å². The molecule has 13 heteroatoms. The summed E-state index contributed by atoms with van der Waals surface area (Å²) in [6, 6.07) is 8.29. The van der Waals surface area contributed by atoms with Crippen molar-refractivity contribution in [3.8, 4) is 0 Å². The molecule has 1 amide bonds. The first-order chi connectivity index (χ1) is 16.5. The third-order valence-electron chi connectivity index (χ3n) is 5.33. The van der Waals surface area contributed by atoms with Gasteiger partial charge in [0.1, 0.15) is 10.6 Å². The van der Waals surface area contributed by atoms with Crippen LogP contribution in [0.25, 0.3) is 0 Å². The van der Waals surface area contributed by atoms with Gasteiger partial charge < -0.3 is 14.5 Å². The number of carbonyl (C=O) groups excluding carboxylic acids is 2. The number of carbonyl (C=O) groups is 2. The Morgan fingerprint density at radius 2 is 1.71 bits per heavy atom. The molecule has 9 nitrogen and oxygen atoms in total. The van der Waals surface area contributed by atoms with Crippen molar-refractivity contribution in [2.45, 2.75) is 18.0 Å². The largest absolute Gasteiger partial charge is 0.465 e. The summed E-state index contributed by atoms with van der Waals surface area (Å²) in [7, 11) is -2.02. The normalized spacial score (nSPS) is 15.0. The first-order valence-corrected chi connectivity index (χ1v) is 11.9. The van der Waals surface area contributed by atoms with Gasteiger partial charge in [-0.25, -0.2) is 0 Å². The lowest BCUT2D eigenvalue weighted by molar-refractivity contribution is -0.387. The van der Waals surface area contributed by atoms with Gasteiger partial charge in [-0.2, -0.15) is 13.2 Å². The summed E-state index contributed by atoms with van der Waals surface area (Å²) in [6.07, 6.45) is -4.42. The van der Waals surface area contributed by atoms with Crippen molar-refractivity contribution in [3.05, 3.63) is 63.7 Å². The molecule has 0 spiro atoms.